The highest BCUT2D eigenvalue weighted by Crippen LogP contribution is 2.34. The summed E-state index contributed by atoms with van der Waals surface area (Å²) in [7, 11) is 1.66. The van der Waals surface area contributed by atoms with Gasteiger partial charge in [0.2, 0.25) is 5.91 Å². The van der Waals surface area contributed by atoms with E-state index in [4.69, 9.17) is 10.5 Å². The predicted molar refractivity (Wildman–Crippen MR) is 101 cm³/mol. The minimum absolute atomic E-state index is 0.170. The highest BCUT2D eigenvalue weighted by Gasteiger charge is 2.18. The average molecular weight is 326 g/mol. The number of hydrogen-bond donors (Lipinski definition) is 1. The van der Waals surface area contributed by atoms with Gasteiger partial charge in [0.05, 0.1) is 18.3 Å². The second-order valence-corrected chi connectivity index (χ2v) is 6.17. The number of aryl methyl sites for hydroxylation is 1. The topological polar surface area (TPSA) is 57.2 Å². The maximum atomic E-state index is 11.4. The van der Waals surface area contributed by atoms with E-state index >= 15 is 0 Å². The molecule has 0 saturated heterocycles. The number of carbonyl (C=O) groups is 1. The van der Waals surface area contributed by atoms with Gasteiger partial charge in [0.25, 0.3) is 0 Å². The molecule has 4 nitrogen and oxygen atoms in total. The molecule has 4 heteroatoms. The molecule has 1 aromatic heterocycles. The summed E-state index contributed by atoms with van der Waals surface area (Å²) in [5, 5.41) is 1.15. The number of fused-ring (bicyclic) bond motifs is 1. The molecule has 1 amide bonds. The molecule has 1 aromatic carbocycles. The van der Waals surface area contributed by atoms with Gasteiger partial charge in [-0.05, 0) is 38.0 Å². The normalized spacial score (nSPS) is 12.7. The summed E-state index contributed by atoms with van der Waals surface area (Å²) in [6, 6.07) is 6.07. The van der Waals surface area contributed by atoms with E-state index in [1.165, 1.54) is 0 Å². The van der Waals surface area contributed by atoms with E-state index in [2.05, 4.69) is 23.3 Å². The molecule has 2 rings (SSSR count). The van der Waals surface area contributed by atoms with E-state index in [0.29, 0.717) is 13.0 Å². The second-order valence-electron chi connectivity index (χ2n) is 6.17. The number of aromatic nitrogens is 1. The number of carbonyl (C=O) groups excluding carboxylic acids is 1. The third-order valence-corrected chi connectivity index (χ3v) is 4.32. The third kappa shape index (κ3) is 3.37. The van der Waals surface area contributed by atoms with Gasteiger partial charge in [-0.25, -0.2) is 0 Å². The third-order valence-electron chi connectivity index (χ3n) is 4.32. The van der Waals surface area contributed by atoms with Crippen LogP contribution in [-0.4, -0.2) is 17.6 Å². The van der Waals surface area contributed by atoms with Crippen LogP contribution in [0.15, 0.2) is 30.9 Å². The Balaban J connectivity index is 2.66. The smallest absolute Gasteiger partial charge is 0.220 e. The number of rotatable bonds is 7. The molecular weight excluding hydrogens is 300 g/mol. The number of benzene rings is 1. The lowest BCUT2D eigenvalue weighted by Gasteiger charge is -2.14. The quantitative estimate of drug-likeness (QED) is 0.828. The van der Waals surface area contributed by atoms with Crippen molar-refractivity contribution in [3.63, 3.8) is 0 Å². The van der Waals surface area contributed by atoms with Gasteiger partial charge in [-0.2, -0.15) is 0 Å². The van der Waals surface area contributed by atoms with E-state index in [1.807, 2.05) is 39.0 Å². The maximum Gasteiger partial charge on any atom is 0.220 e. The zero-order valence-electron chi connectivity index (χ0n) is 14.9. The lowest BCUT2D eigenvalue weighted by molar-refractivity contribution is -0.121. The standard InChI is InChI=1S/C20H26N2O2/c1-6-7-17-16-9-8-15(24-5)12-18(16)22(19(17)13(2)3)11-10-14(4)20(21)23/h6-9,12,14H,2,10-11H2,1,3-5H3,(H2,21,23)/b7-6-. The summed E-state index contributed by atoms with van der Waals surface area (Å²) >= 11 is 0. The van der Waals surface area contributed by atoms with Crippen LogP contribution in [0.3, 0.4) is 0 Å². The van der Waals surface area contributed by atoms with Crippen LogP contribution in [0.4, 0.5) is 0 Å². The molecule has 0 spiro atoms. The van der Waals surface area contributed by atoms with E-state index in [1.54, 1.807) is 7.11 Å². The van der Waals surface area contributed by atoms with Gasteiger partial charge >= 0.3 is 0 Å². The monoisotopic (exact) mass is 326 g/mol. The van der Waals surface area contributed by atoms with Gasteiger partial charge in [-0.1, -0.05) is 25.7 Å². The van der Waals surface area contributed by atoms with Crippen molar-refractivity contribution in [3.8, 4) is 5.75 Å². The molecule has 0 radical (unpaired) electrons. The number of ether oxygens (including phenoxy) is 1. The molecule has 0 fully saturated rings. The molecule has 0 saturated carbocycles. The van der Waals surface area contributed by atoms with Gasteiger partial charge in [-0.15, -0.1) is 0 Å². The van der Waals surface area contributed by atoms with Crippen molar-refractivity contribution in [2.75, 3.05) is 7.11 Å². The van der Waals surface area contributed by atoms with Crippen molar-refractivity contribution in [2.24, 2.45) is 11.7 Å². The van der Waals surface area contributed by atoms with Crippen molar-refractivity contribution >= 4 is 28.5 Å². The van der Waals surface area contributed by atoms with Crippen LogP contribution in [0.25, 0.3) is 22.6 Å². The molecule has 0 aliphatic rings. The first kappa shape index (κ1) is 17.9. The van der Waals surface area contributed by atoms with E-state index in [9.17, 15) is 4.79 Å². The number of nitrogens with two attached hydrogens (primary N) is 1. The number of nitrogens with zero attached hydrogens (tertiary/aromatic N) is 1. The Morgan fingerprint density at radius 3 is 2.71 bits per heavy atom. The first-order valence-corrected chi connectivity index (χ1v) is 8.18. The van der Waals surface area contributed by atoms with Gasteiger partial charge in [0.15, 0.2) is 0 Å². The van der Waals surface area contributed by atoms with E-state index in [0.717, 1.165) is 33.5 Å². The zero-order chi connectivity index (χ0) is 17.9. The van der Waals surface area contributed by atoms with Crippen molar-refractivity contribution in [3.05, 3.63) is 42.1 Å². The summed E-state index contributed by atoms with van der Waals surface area (Å²) in [5.41, 5.74) is 9.72. The van der Waals surface area contributed by atoms with Crippen molar-refractivity contribution in [1.29, 1.82) is 0 Å². The molecule has 128 valence electrons. The van der Waals surface area contributed by atoms with Gasteiger partial charge in [0.1, 0.15) is 5.75 Å². The number of primary amides is 1. The minimum Gasteiger partial charge on any atom is -0.497 e. The van der Waals surface area contributed by atoms with Gasteiger partial charge in [0, 0.05) is 29.5 Å². The summed E-state index contributed by atoms with van der Waals surface area (Å²) in [4.78, 5) is 11.4. The van der Waals surface area contributed by atoms with Crippen molar-refractivity contribution in [1.82, 2.24) is 4.57 Å². The molecule has 1 unspecified atom stereocenters. The molecule has 1 atom stereocenters. The van der Waals surface area contributed by atoms with Crippen LogP contribution in [0, 0.1) is 5.92 Å². The van der Waals surface area contributed by atoms with Crippen LogP contribution < -0.4 is 10.5 Å². The largest absolute Gasteiger partial charge is 0.497 e. The van der Waals surface area contributed by atoms with Gasteiger partial charge < -0.3 is 15.0 Å². The molecule has 2 aromatic rings. The predicted octanol–water partition coefficient (Wildman–Crippen LogP) is 4.23. The fourth-order valence-electron chi connectivity index (χ4n) is 2.98. The summed E-state index contributed by atoms with van der Waals surface area (Å²) in [6.45, 7) is 10.7. The van der Waals surface area contributed by atoms with Gasteiger partial charge in [-0.3, -0.25) is 4.79 Å². The average Bonchev–Trinajstić information content (AvgIpc) is 2.85. The second kappa shape index (κ2) is 7.39. The SMILES string of the molecule is C=C(C)c1c(/C=C\C)c2ccc(OC)cc2n1CCC(C)C(N)=O. The maximum absolute atomic E-state index is 11.4. The molecule has 0 aliphatic carbocycles. The van der Waals surface area contributed by atoms with E-state index < -0.39 is 0 Å². The van der Waals surface area contributed by atoms with Crippen LogP contribution in [0.1, 0.15) is 38.4 Å². The van der Waals surface area contributed by atoms with Crippen LogP contribution in [0.2, 0.25) is 0 Å². The molecule has 0 aliphatic heterocycles. The summed E-state index contributed by atoms with van der Waals surface area (Å²) in [5.74, 6) is 0.371. The van der Waals surface area contributed by atoms with Crippen molar-refractivity contribution in [2.45, 2.75) is 33.7 Å². The molecule has 0 bridgehead atoms. The Morgan fingerprint density at radius 1 is 1.46 bits per heavy atom. The van der Waals surface area contributed by atoms with Crippen LogP contribution in [-0.2, 0) is 11.3 Å². The number of hydrogen-bond acceptors (Lipinski definition) is 2. The first-order chi connectivity index (χ1) is 11.4. The first-order valence-electron chi connectivity index (χ1n) is 8.18. The van der Waals surface area contributed by atoms with Crippen LogP contribution >= 0.6 is 0 Å². The summed E-state index contributed by atoms with van der Waals surface area (Å²) in [6.07, 6.45) is 4.82. The molecule has 24 heavy (non-hydrogen) atoms. The Kier molecular flexibility index (Phi) is 5.50. The van der Waals surface area contributed by atoms with Crippen molar-refractivity contribution < 1.29 is 9.53 Å². The zero-order valence-corrected chi connectivity index (χ0v) is 14.9. The lowest BCUT2D eigenvalue weighted by Crippen LogP contribution is -2.22. The number of amides is 1. The Labute approximate surface area is 143 Å². The summed E-state index contributed by atoms with van der Waals surface area (Å²) < 4.78 is 7.60. The highest BCUT2D eigenvalue weighted by molar-refractivity contribution is 5.96. The fraction of sp³-hybridized carbons (Fsp3) is 0.350. The number of methoxy groups -OCH3 is 1. The Hall–Kier alpha value is -2.49. The number of allylic oxidation sites excluding steroid dienone is 2. The van der Waals surface area contributed by atoms with Crippen LogP contribution in [0.5, 0.6) is 5.75 Å². The Morgan fingerprint density at radius 2 is 2.17 bits per heavy atom. The molecule has 2 N–H and O–H groups in total. The minimum atomic E-state index is -0.269. The highest BCUT2D eigenvalue weighted by atomic mass is 16.5. The Bertz CT molecular complexity index is 800. The van der Waals surface area contributed by atoms with E-state index in [-0.39, 0.29) is 11.8 Å². The molecule has 1 heterocycles. The lowest BCUT2D eigenvalue weighted by atomic mass is 10.1. The fourth-order valence-corrected chi connectivity index (χ4v) is 2.98. The molecular formula is C20H26N2O2.